The van der Waals surface area contributed by atoms with Gasteiger partial charge in [0.15, 0.2) is 0 Å². The maximum atomic E-state index is 12.0. The number of benzene rings is 1. The quantitative estimate of drug-likeness (QED) is 0.848. The molecule has 20 heavy (non-hydrogen) atoms. The molecule has 2 rings (SSSR count). The molecule has 108 valence electrons. The van der Waals surface area contributed by atoms with Crippen LogP contribution in [0.3, 0.4) is 0 Å². The molecule has 5 nitrogen and oxygen atoms in total. The van der Waals surface area contributed by atoms with Crippen LogP contribution in [-0.4, -0.2) is 36.0 Å². The number of carbonyl (C=O) groups is 2. The summed E-state index contributed by atoms with van der Waals surface area (Å²) in [5.74, 6) is 0.495. The van der Waals surface area contributed by atoms with E-state index in [1.54, 1.807) is 24.3 Å². The second-order valence-corrected chi connectivity index (χ2v) is 5.40. The van der Waals surface area contributed by atoms with E-state index in [4.69, 9.17) is 16.3 Å². The summed E-state index contributed by atoms with van der Waals surface area (Å²) in [5.41, 5.74) is 0. The molecule has 0 bridgehead atoms. The Balaban J connectivity index is 1.88. The van der Waals surface area contributed by atoms with Crippen LogP contribution in [-0.2, 0) is 4.79 Å². The molecule has 6 heteroatoms. The predicted molar refractivity (Wildman–Crippen MR) is 75.8 cm³/mol. The topological polar surface area (TPSA) is 58.6 Å². The van der Waals surface area contributed by atoms with Gasteiger partial charge in [-0.2, -0.15) is 0 Å². The second-order valence-electron chi connectivity index (χ2n) is 4.97. The lowest BCUT2D eigenvalue weighted by atomic mass is 10.1. The first kappa shape index (κ1) is 14.7. The van der Waals surface area contributed by atoms with Gasteiger partial charge in [-0.3, -0.25) is 9.69 Å². The van der Waals surface area contributed by atoms with Crippen molar-refractivity contribution < 1.29 is 14.3 Å². The fraction of sp³-hybridized carbons (Fsp3) is 0.429. The fourth-order valence-corrected chi connectivity index (χ4v) is 2.20. The highest BCUT2D eigenvalue weighted by molar-refractivity contribution is 6.30. The van der Waals surface area contributed by atoms with Crippen molar-refractivity contribution in [2.24, 2.45) is 5.92 Å². The molecule has 1 atom stereocenters. The van der Waals surface area contributed by atoms with E-state index in [1.807, 2.05) is 13.8 Å². The molecule has 1 aliphatic heterocycles. The number of nitrogens with zero attached hydrogens (tertiary/aromatic N) is 1. The maximum Gasteiger partial charge on any atom is 0.324 e. The number of carbonyl (C=O) groups excluding carboxylic acids is 2. The van der Waals surface area contributed by atoms with Gasteiger partial charge in [0.25, 0.3) is 5.91 Å². The molecule has 1 heterocycles. The smallest absolute Gasteiger partial charge is 0.324 e. The van der Waals surface area contributed by atoms with Crippen LogP contribution in [0.2, 0.25) is 5.02 Å². The number of imide groups is 1. The Bertz CT molecular complexity index is 519. The van der Waals surface area contributed by atoms with Gasteiger partial charge >= 0.3 is 6.03 Å². The third kappa shape index (κ3) is 3.22. The molecule has 0 unspecified atom stereocenters. The van der Waals surface area contributed by atoms with Crippen LogP contribution in [0.5, 0.6) is 5.75 Å². The van der Waals surface area contributed by atoms with E-state index in [0.717, 1.165) is 0 Å². The van der Waals surface area contributed by atoms with E-state index in [-0.39, 0.29) is 31.0 Å². The van der Waals surface area contributed by atoms with Gasteiger partial charge < -0.3 is 10.1 Å². The van der Waals surface area contributed by atoms with E-state index in [1.165, 1.54) is 4.90 Å². The lowest BCUT2D eigenvalue weighted by Gasteiger charge is -2.15. The third-order valence-electron chi connectivity index (χ3n) is 3.10. The number of halogens is 1. The number of nitrogens with one attached hydrogen (secondary N) is 1. The molecule has 3 amide bonds. The SMILES string of the molecule is CC(C)[C@H]1NC(=O)N(CCOc2cccc(Cl)c2)C1=O. The highest BCUT2D eigenvalue weighted by atomic mass is 35.5. The third-order valence-corrected chi connectivity index (χ3v) is 3.34. The molecule has 1 aromatic rings. The molecule has 0 saturated carbocycles. The van der Waals surface area contributed by atoms with Gasteiger partial charge in [0.1, 0.15) is 18.4 Å². The van der Waals surface area contributed by atoms with Crippen LogP contribution in [0.4, 0.5) is 4.79 Å². The first-order valence-corrected chi connectivity index (χ1v) is 6.87. The minimum Gasteiger partial charge on any atom is -0.492 e. The van der Waals surface area contributed by atoms with E-state index < -0.39 is 6.04 Å². The van der Waals surface area contributed by atoms with Gasteiger partial charge in [0.05, 0.1) is 6.54 Å². The fourth-order valence-electron chi connectivity index (χ4n) is 2.02. The molecule has 1 saturated heterocycles. The Labute approximate surface area is 122 Å². The molecule has 1 N–H and O–H groups in total. The van der Waals surface area contributed by atoms with Crippen molar-refractivity contribution in [1.29, 1.82) is 0 Å². The van der Waals surface area contributed by atoms with Crippen LogP contribution < -0.4 is 10.1 Å². The van der Waals surface area contributed by atoms with Crippen LogP contribution in [0.25, 0.3) is 0 Å². The summed E-state index contributed by atoms with van der Waals surface area (Å²) >= 11 is 5.84. The summed E-state index contributed by atoms with van der Waals surface area (Å²) in [7, 11) is 0. The van der Waals surface area contributed by atoms with Crippen molar-refractivity contribution in [3.05, 3.63) is 29.3 Å². The van der Waals surface area contributed by atoms with Crippen LogP contribution in [0, 0.1) is 5.92 Å². The van der Waals surface area contributed by atoms with Crippen LogP contribution in [0.15, 0.2) is 24.3 Å². The normalized spacial score (nSPS) is 18.6. The molecule has 0 aromatic heterocycles. The molecular weight excluding hydrogens is 280 g/mol. The van der Waals surface area contributed by atoms with Gasteiger partial charge in [-0.25, -0.2) is 4.79 Å². The van der Waals surface area contributed by atoms with Crippen molar-refractivity contribution in [3.63, 3.8) is 0 Å². The Kier molecular flexibility index (Phi) is 4.49. The zero-order valence-corrected chi connectivity index (χ0v) is 12.2. The number of amides is 3. The second kappa shape index (κ2) is 6.13. The minimum absolute atomic E-state index is 0.0744. The number of hydrogen-bond donors (Lipinski definition) is 1. The monoisotopic (exact) mass is 296 g/mol. The largest absolute Gasteiger partial charge is 0.492 e. The van der Waals surface area contributed by atoms with E-state index in [0.29, 0.717) is 10.8 Å². The Morgan fingerprint density at radius 3 is 2.75 bits per heavy atom. The first-order chi connectivity index (χ1) is 9.49. The van der Waals surface area contributed by atoms with Gasteiger partial charge in [0, 0.05) is 5.02 Å². The van der Waals surface area contributed by atoms with Crippen molar-refractivity contribution in [2.75, 3.05) is 13.2 Å². The summed E-state index contributed by atoms with van der Waals surface area (Å²) in [5, 5.41) is 3.25. The Morgan fingerprint density at radius 1 is 1.40 bits per heavy atom. The van der Waals surface area contributed by atoms with Crippen molar-refractivity contribution in [3.8, 4) is 5.75 Å². The van der Waals surface area contributed by atoms with E-state index in [2.05, 4.69) is 5.32 Å². The highest BCUT2D eigenvalue weighted by Gasteiger charge is 2.39. The van der Waals surface area contributed by atoms with Gasteiger partial charge in [0.2, 0.25) is 0 Å². The summed E-state index contributed by atoms with van der Waals surface area (Å²) in [6.45, 7) is 4.26. The minimum atomic E-state index is -0.436. The number of urea groups is 1. The van der Waals surface area contributed by atoms with Gasteiger partial charge in [-0.05, 0) is 24.1 Å². The van der Waals surface area contributed by atoms with Gasteiger partial charge in [-0.1, -0.05) is 31.5 Å². The maximum absolute atomic E-state index is 12.0. The first-order valence-electron chi connectivity index (χ1n) is 6.49. The van der Waals surface area contributed by atoms with Crippen molar-refractivity contribution >= 4 is 23.5 Å². The van der Waals surface area contributed by atoms with E-state index in [9.17, 15) is 9.59 Å². The molecule has 0 spiro atoms. The highest BCUT2D eigenvalue weighted by Crippen LogP contribution is 2.17. The lowest BCUT2D eigenvalue weighted by Crippen LogP contribution is -2.36. The summed E-state index contributed by atoms with van der Waals surface area (Å²) in [6.07, 6.45) is 0. The zero-order valence-electron chi connectivity index (χ0n) is 11.4. The number of ether oxygens (including phenoxy) is 1. The molecule has 1 aromatic carbocycles. The molecule has 1 fully saturated rings. The van der Waals surface area contributed by atoms with Gasteiger partial charge in [-0.15, -0.1) is 0 Å². The van der Waals surface area contributed by atoms with Crippen molar-refractivity contribution in [2.45, 2.75) is 19.9 Å². The summed E-state index contributed by atoms with van der Waals surface area (Å²) in [6, 6.07) is 6.19. The zero-order chi connectivity index (χ0) is 14.7. The molecular formula is C14H17ClN2O3. The molecule has 0 radical (unpaired) electrons. The number of rotatable bonds is 5. The summed E-state index contributed by atoms with van der Waals surface area (Å²) < 4.78 is 5.48. The van der Waals surface area contributed by atoms with E-state index >= 15 is 0 Å². The average Bonchev–Trinajstić information content (AvgIpc) is 2.67. The Morgan fingerprint density at radius 2 is 2.15 bits per heavy atom. The number of hydrogen-bond acceptors (Lipinski definition) is 3. The molecule has 1 aliphatic rings. The predicted octanol–water partition coefficient (Wildman–Crippen LogP) is 2.30. The van der Waals surface area contributed by atoms with Crippen LogP contribution >= 0.6 is 11.6 Å². The van der Waals surface area contributed by atoms with Crippen LogP contribution in [0.1, 0.15) is 13.8 Å². The Hall–Kier alpha value is -1.75. The summed E-state index contributed by atoms with van der Waals surface area (Å²) in [4.78, 5) is 24.9. The standard InChI is InChI=1S/C14H17ClN2O3/c1-9(2)12-13(18)17(14(19)16-12)6-7-20-11-5-3-4-10(15)8-11/h3-5,8-9,12H,6-7H2,1-2H3,(H,16,19)/t12-/m1/s1. The van der Waals surface area contributed by atoms with Crippen molar-refractivity contribution in [1.82, 2.24) is 10.2 Å². The lowest BCUT2D eigenvalue weighted by molar-refractivity contribution is -0.128. The molecule has 0 aliphatic carbocycles. The average molecular weight is 297 g/mol.